The van der Waals surface area contributed by atoms with E-state index in [2.05, 4.69) is 10.2 Å². The van der Waals surface area contributed by atoms with Crippen molar-refractivity contribution in [1.82, 2.24) is 14.8 Å². The third kappa shape index (κ3) is 3.83. The van der Waals surface area contributed by atoms with Gasteiger partial charge in [0.05, 0.1) is 12.1 Å². The maximum atomic E-state index is 14.2. The van der Waals surface area contributed by atoms with Gasteiger partial charge in [-0.15, -0.1) is 10.2 Å². The number of aliphatic hydroxyl groups excluding tert-OH is 1. The molecule has 1 heterocycles. The summed E-state index contributed by atoms with van der Waals surface area (Å²) in [4.78, 5) is 0. The normalized spacial score (nSPS) is 10.9. The van der Waals surface area contributed by atoms with E-state index in [-0.39, 0.29) is 12.4 Å². The van der Waals surface area contributed by atoms with Crippen molar-refractivity contribution in [2.75, 3.05) is 12.4 Å². The first-order chi connectivity index (χ1) is 11.8. The summed E-state index contributed by atoms with van der Waals surface area (Å²) in [6, 6.07) is 16.5. The second-order valence-electron chi connectivity index (χ2n) is 5.28. The first-order valence-corrected chi connectivity index (χ1v) is 8.74. The lowest BCUT2D eigenvalue weighted by Gasteiger charge is -2.11. The largest absolute Gasteiger partial charge is 0.396 e. The number of hydrogen-bond acceptors (Lipinski definition) is 4. The molecule has 0 radical (unpaired) electrons. The van der Waals surface area contributed by atoms with E-state index >= 15 is 0 Å². The van der Waals surface area contributed by atoms with E-state index < -0.39 is 0 Å². The van der Waals surface area contributed by atoms with Gasteiger partial charge in [-0.3, -0.25) is 4.57 Å². The summed E-state index contributed by atoms with van der Waals surface area (Å²) >= 11 is 1.52. The number of nitrogens with zero attached hydrogens (tertiary/aromatic N) is 3. The third-order valence-corrected chi connectivity index (χ3v) is 4.60. The molecule has 0 fully saturated rings. The topological polar surface area (TPSA) is 50.9 Å². The number of aromatic nitrogens is 3. The molecule has 24 heavy (non-hydrogen) atoms. The van der Waals surface area contributed by atoms with Crippen molar-refractivity contribution < 1.29 is 9.50 Å². The Bertz CT molecular complexity index is 792. The predicted molar refractivity (Wildman–Crippen MR) is 93.4 cm³/mol. The number of halogens is 1. The summed E-state index contributed by atoms with van der Waals surface area (Å²) in [5.74, 6) is 0.940. The number of rotatable bonds is 7. The Hall–Kier alpha value is -2.18. The summed E-state index contributed by atoms with van der Waals surface area (Å²) < 4.78 is 16.1. The summed E-state index contributed by atoms with van der Waals surface area (Å²) in [6.07, 6.45) is 0.678. The molecule has 3 aromatic rings. The van der Waals surface area contributed by atoms with Crippen LogP contribution in [0.15, 0.2) is 59.8 Å². The van der Waals surface area contributed by atoms with Crippen LogP contribution in [0.1, 0.15) is 12.0 Å². The number of hydrogen-bond donors (Lipinski definition) is 1. The van der Waals surface area contributed by atoms with Crippen LogP contribution >= 0.6 is 11.8 Å². The zero-order valence-electron chi connectivity index (χ0n) is 13.1. The van der Waals surface area contributed by atoms with Crippen molar-refractivity contribution in [3.63, 3.8) is 0 Å². The first kappa shape index (κ1) is 16.7. The van der Waals surface area contributed by atoms with E-state index in [1.807, 2.05) is 34.9 Å². The van der Waals surface area contributed by atoms with Crippen molar-refractivity contribution in [3.8, 4) is 11.4 Å². The SMILES string of the molecule is OCCCSc1nnc(-c2ccccc2F)n1Cc1ccccc1. The molecule has 0 unspecified atom stereocenters. The van der Waals surface area contributed by atoms with Crippen molar-refractivity contribution in [2.45, 2.75) is 18.1 Å². The molecule has 0 saturated heterocycles. The maximum Gasteiger partial charge on any atom is 0.191 e. The van der Waals surface area contributed by atoms with Gasteiger partial charge in [-0.1, -0.05) is 54.2 Å². The molecule has 3 rings (SSSR count). The lowest BCUT2D eigenvalue weighted by Crippen LogP contribution is -2.05. The summed E-state index contributed by atoms with van der Waals surface area (Å²) in [5, 5.41) is 18.1. The Morgan fingerprint density at radius 2 is 1.75 bits per heavy atom. The van der Waals surface area contributed by atoms with Gasteiger partial charge in [0.25, 0.3) is 0 Å². The van der Waals surface area contributed by atoms with Gasteiger partial charge in [-0.25, -0.2) is 4.39 Å². The molecule has 0 amide bonds. The van der Waals surface area contributed by atoms with E-state index in [1.165, 1.54) is 17.8 Å². The Morgan fingerprint density at radius 3 is 2.50 bits per heavy atom. The van der Waals surface area contributed by atoms with Crippen LogP contribution in [0.2, 0.25) is 0 Å². The van der Waals surface area contributed by atoms with Crippen LogP contribution in [-0.2, 0) is 6.54 Å². The monoisotopic (exact) mass is 343 g/mol. The van der Waals surface area contributed by atoms with Gasteiger partial charge < -0.3 is 5.11 Å². The van der Waals surface area contributed by atoms with Gasteiger partial charge >= 0.3 is 0 Å². The van der Waals surface area contributed by atoms with Crippen LogP contribution in [0.5, 0.6) is 0 Å². The summed E-state index contributed by atoms with van der Waals surface area (Å²) in [5.41, 5.74) is 1.54. The van der Waals surface area contributed by atoms with Gasteiger partial charge in [-0.05, 0) is 24.1 Å². The fourth-order valence-electron chi connectivity index (χ4n) is 2.37. The molecule has 0 saturated carbocycles. The highest BCUT2D eigenvalue weighted by Gasteiger charge is 2.17. The molecule has 1 aromatic heterocycles. The van der Waals surface area contributed by atoms with Crippen molar-refractivity contribution in [3.05, 3.63) is 66.0 Å². The van der Waals surface area contributed by atoms with Crippen LogP contribution in [0.4, 0.5) is 4.39 Å². The highest BCUT2D eigenvalue weighted by Crippen LogP contribution is 2.27. The Balaban J connectivity index is 1.97. The molecule has 4 nitrogen and oxygen atoms in total. The van der Waals surface area contributed by atoms with Crippen LogP contribution in [-0.4, -0.2) is 32.2 Å². The predicted octanol–water partition coefficient (Wildman–Crippen LogP) is 3.61. The minimum atomic E-state index is -0.314. The second kappa shape index (κ2) is 8.08. The van der Waals surface area contributed by atoms with Gasteiger partial charge in [0.1, 0.15) is 5.82 Å². The molecule has 0 spiro atoms. The fourth-order valence-corrected chi connectivity index (χ4v) is 3.24. The molecule has 0 atom stereocenters. The van der Waals surface area contributed by atoms with E-state index in [0.717, 1.165) is 16.5 Å². The highest BCUT2D eigenvalue weighted by atomic mass is 32.2. The van der Waals surface area contributed by atoms with Crippen molar-refractivity contribution in [2.24, 2.45) is 0 Å². The van der Waals surface area contributed by atoms with E-state index in [0.29, 0.717) is 24.4 Å². The molecule has 0 aliphatic heterocycles. The molecule has 0 aliphatic carbocycles. The van der Waals surface area contributed by atoms with Gasteiger partial charge in [0.15, 0.2) is 11.0 Å². The number of thioether (sulfide) groups is 1. The molecule has 6 heteroatoms. The van der Waals surface area contributed by atoms with Crippen LogP contribution in [0, 0.1) is 5.82 Å². The third-order valence-electron chi connectivity index (χ3n) is 3.55. The Kier molecular flexibility index (Phi) is 5.61. The molecule has 124 valence electrons. The van der Waals surface area contributed by atoms with Crippen LogP contribution in [0.25, 0.3) is 11.4 Å². The first-order valence-electron chi connectivity index (χ1n) is 7.75. The number of aliphatic hydroxyl groups is 1. The van der Waals surface area contributed by atoms with Crippen LogP contribution in [0.3, 0.4) is 0 Å². The maximum absolute atomic E-state index is 14.2. The molecular weight excluding hydrogens is 325 g/mol. The zero-order valence-corrected chi connectivity index (χ0v) is 13.9. The summed E-state index contributed by atoms with van der Waals surface area (Å²) in [6.45, 7) is 0.707. The van der Waals surface area contributed by atoms with E-state index in [1.54, 1.807) is 18.2 Å². The average molecular weight is 343 g/mol. The lowest BCUT2D eigenvalue weighted by molar-refractivity contribution is 0.296. The van der Waals surface area contributed by atoms with Crippen molar-refractivity contribution >= 4 is 11.8 Å². The average Bonchev–Trinajstić information content (AvgIpc) is 2.99. The minimum absolute atomic E-state index is 0.139. The Labute approximate surface area is 144 Å². The fraction of sp³-hybridized carbons (Fsp3) is 0.222. The van der Waals surface area contributed by atoms with Gasteiger partial charge in [-0.2, -0.15) is 0 Å². The van der Waals surface area contributed by atoms with Crippen molar-refractivity contribution in [1.29, 1.82) is 0 Å². The van der Waals surface area contributed by atoms with E-state index in [9.17, 15) is 4.39 Å². The molecule has 1 N–H and O–H groups in total. The van der Waals surface area contributed by atoms with E-state index in [4.69, 9.17) is 5.11 Å². The number of benzene rings is 2. The summed E-state index contributed by atoms with van der Waals surface area (Å²) in [7, 11) is 0. The van der Waals surface area contributed by atoms with Gasteiger partial charge in [0.2, 0.25) is 0 Å². The Morgan fingerprint density at radius 1 is 1.00 bits per heavy atom. The van der Waals surface area contributed by atoms with Gasteiger partial charge in [0, 0.05) is 12.4 Å². The van der Waals surface area contributed by atoms with Crippen LogP contribution < -0.4 is 0 Å². The molecule has 0 bridgehead atoms. The minimum Gasteiger partial charge on any atom is -0.396 e. The quantitative estimate of drug-likeness (QED) is 0.526. The second-order valence-corrected chi connectivity index (χ2v) is 6.35. The molecule has 0 aliphatic rings. The zero-order chi connectivity index (χ0) is 16.8. The molecule has 2 aromatic carbocycles. The highest BCUT2D eigenvalue weighted by molar-refractivity contribution is 7.99. The smallest absolute Gasteiger partial charge is 0.191 e. The molecular formula is C18H18FN3OS. The standard InChI is InChI=1S/C18H18FN3OS/c19-16-10-5-4-9-15(16)17-20-21-18(24-12-6-11-23)22(17)13-14-7-2-1-3-8-14/h1-5,7-10,23H,6,11-13H2. The lowest BCUT2D eigenvalue weighted by atomic mass is 10.2.